The minimum atomic E-state index is 0.404. The van der Waals surface area contributed by atoms with E-state index in [-0.39, 0.29) is 0 Å². The van der Waals surface area contributed by atoms with E-state index >= 15 is 0 Å². The summed E-state index contributed by atoms with van der Waals surface area (Å²) in [5.41, 5.74) is 0.861. The normalized spacial score (nSPS) is 46.3. The molecular formula is C20H29N3. The molecule has 0 saturated heterocycles. The van der Waals surface area contributed by atoms with E-state index in [9.17, 15) is 0 Å². The number of aromatic nitrogens is 3. The molecule has 1 atom stereocenters. The minimum Gasteiger partial charge on any atom is -0.311 e. The first-order valence-electron chi connectivity index (χ1n) is 9.99. The van der Waals surface area contributed by atoms with Gasteiger partial charge in [-0.2, -0.15) is 0 Å². The standard InChI is InChI=1S/C20H29N3/c1-19(2)11-16(19)17-21-22-18(23(17)15-3-4-15)20-8-12-5-13(9-20)7-14(6-12)10-20/h12-16H,3-11H2,1-2H3. The third-order valence-corrected chi connectivity index (χ3v) is 7.97. The highest BCUT2D eigenvalue weighted by atomic mass is 15.3. The van der Waals surface area contributed by atoms with Crippen LogP contribution in [0.1, 0.15) is 95.2 Å². The van der Waals surface area contributed by atoms with Gasteiger partial charge in [0.25, 0.3) is 0 Å². The van der Waals surface area contributed by atoms with E-state index in [0.717, 1.165) is 23.8 Å². The molecule has 0 amide bonds. The third kappa shape index (κ3) is 1.83. The fraction of sp³-hybridized carbons (Fsp3) is 0.900. The van der Waals surface area contributed by atoms with Gasteiger partial charge in [0, 0.05) is 17.4 Å². The summed E-state index contributed by atoms with van der Waals surface area (Å²) in [5.74, 6) is 6.42. The SMILES string of the molecule is CC1(C)CC1c1nnc(C23CC4CC(CC(C4)C2)C3)n1C1CC1. The molecule has 3 heteroatoms. The Morgan fingerprint density at radius 3 is 1.91 bits per heavy atom. The van der Waals surface area contributed by atoms with E-state index in [1.807, 2.05) is 0 Å². The Kier molecular flexibility index (Phi) is 2.35. The Hall–Kier alpha value is -0.860. The van der Waals surface area contributed by atoms with E-state index in [2.05, 4.69) is 18.4 Å². The number of nitrogens with zero attached hydrogens (tertiary/aromatic N) is 3. The molecule has 0 spiro atoms. The summed E-state index contributed by atoms with van der Waals surface area (Å²) in [7, 11) is 0. The van der Waals surface area contributed by atoms with Crippen LogP contribution in [-0.2, 0) is 5.41 Å². The second-order valence-corrected chi connectivity index (χ2v) is 10.4. The van der Waals surface area contributed by atoms with Crippen LogP contribution in [0.2, 0.25) is 0 Å². The number of hydrogen-bond donors (Lipinski definition) is 0. The van der Waals surface area contributed by atoms with Gasteiger partial charge in [-0.05, 0) is 81.0 Å². The van der Waals surface area contributed by atoms with Gasteiger partial charge in [-0.1, -0.05) is 13.8 Å². The zero-order valence-electron chi connectivity index (χ0n) is 14.6. The predicted molar refractivity (Wildman–Crippen MR) is 89.3 cm³/mol. The van der Waals surface area contributed by atoms with E-state index in [0.29, 0.717) is 16.7 Å². The lowest BCUT2D eigenvalue weighted by molar-refractivity contribution is -0.0113. The fourth-order valence-electron chi connectivity index (χ4n) is 6.89. The van der Waals surface area contributed by atoms with Crippen LogP contribution < -0.4 is 0 Å². The molecule has 6 fully saturated rings. The Bertz CT molecular complexity index is 631. The molecular weight excluding hydrogens is 282 g/mol. The summed E-state index contributed by atoms with van der Waals surface area (Å²) in [6.45, 7) is 4.79. The predicted octanol–water partition coefficient (Wildman–Crippen LogP) is 4.59. The van der Waals surface area contributed by atoms with Crippen LogP contribution in [0.25, 0.3) is 0 Å². The van der Waals surface area contributed by atoms with Crippen molar-refractivity contribution in [1.82, 2.24) is 14.8 Å². The molecule has 124 valence electrons. The number of hydrogen-bond acceptors (Lipinski definition) is 2. The molecule has 3 nitrogen and oxygen atoms in total. The Labute approximate surface area is 139 Å². The summed E-state index contributed by atoms with van der Waals surface area (Å²) >= 11 is 0. The van der Waals surface area contributed by atoms with Crippen LogP contribution in [0, 0.1) is 23.2 Å². The monoisotopic (exact) mass is 311 g/mol. The van der Waals surface area contributed by atoms with E-state index < -0.39 is 0 Å². The molecule has 7 rings (SSSR count). The lowest BCUT2D eigenvalue weighted by atomic mass is 9.49. The molecule has 6 aliphatic rings. The highest BCUT2D eigenvalue weighted by molar-refractivity contribution is 5.25. The van der Waals surface area contributed by atoms with Gasteiger partial charge in [-0.15, -0.1) is 10.2 Å². The van der Waals surface area contributed by atoms with Gasteiger partial charge in [-0.3, -0.25) is 0 Å². The van der Waals surface area contributed by atoms with Gasteiger partial charge in [0.2, 0.25) is 0 Å². The Balaban J connectivity index is 1.45. The second-order valence-electron chi connectivity index (χ2n) is 10.4. The van der Waals surface area contributed by atoms with Crippen molar-refractivity contribution in [1.29, 1.82) is 0 Å². The average molecular weight is 311 g/mol. The molecule has 0 aromatic carbocycles. The zero-order valence-corrected chi connectivity index (χ0v) is 14.6. The summed E-state index contributed by atoms with van der Waals surface area (Å²) in [4.78, 5) is 0. The second kappa shape index (κ2) is 4.03. The molecule has 1 heterocycles. The first-order chi connectivity index (χ1) is 11.0. The molecule has 1 aromatic heterocycles. The summed E-state index contributed by atoms with van der Waals surface area (Å²) in [6.07, 6.45) is 12.8. The maximum atomic E-state index is 4.91. The maximum absolute atomic E-state index is 4.91. The van der Waals surface area contributed by atoms with Gasteiger partial charge in [0.05, 0.1) is 0 Å². The van der Waals surface area contributed by atoms with Gasteiger partial charge < -0.3 is 4.57 Å². The Morgan fingerprint density at radius 1 is 0.870 bits per heavy atom. The van der Waals surface area contributed by atoms with Crippen molar-refractivity contribution in [2.45, 2.75) is 89.0 Å². The molecule has 0 N–H and O–H groups in total. The van der Waals surface area contributed by atoms with E-state index in [1.54, 1.807) is 0 Å². The van der Waals surface area contributed by atoms with Gasteiger partial charge >= 0.3 is 0 Å². The van der Waals surface area contributed by atoms with Gasteiger partial charge in [-0.25, -0.2) is 0 Å². The van der Waals surface area contributed by atoms with Crippen LogP contribution in [0.15, 0.2) is 0 Å². The first kappa shape index (κ1) is 13.4. The summed E-state index contributed by atoms with van der Waals surface area (Å²) < 4.78 is 2.67. The van der Waals surface area contributed by atoms with E-state index in [1.165, 1.54) is 69.4 Å². The summed E-state index contributed by atoms with van der Waals surface area (Å²) in [5, 5.41) is 9.71. The Morgan fingerprint density at radius 2 is 1.43 bits per heavy atom. The van der Waals surface area contributed by atoms with Crippen molar-refractivity contribution in [3.05, 3.63) is 11.6 Å². The van der Waals surface area contributed by atoms with Gasteiger partial charge in [0.15, 0.2) is 0 Å². The molecule has 6 saturated carbocycles. The van der Waals surface area contributed by atoms with Gasteiger partial charge in [0.1, 0.15) is 11.6 Å². The molecule has 6 aliphatic carbocycles. The van der Waals surface area contributed by atoms with Crippen molar-refractivity contribution >= 4 is 0 Å². The molecule has 23 heavy (non-hydrogen) atoms. The van der Waals surface area contributed by atoms with Crippen LogP contribution in [-0.4, -0.2) is 14.8 Å². The molecule has 1 unspecified atom stereocenters. The highest BCUT2D eigenvalue weighted by Gasteiger charge is 2.56. The molecule has 1 aromatic rings. The summed E-state index contributed by atoms with van der Waals surface area (Å²) in [6, 6.07) is 0.736. The largest absolute Gasteiger partial charge is 0.311 e. The van der Waals surface area contributed by atoms with E-state index in [4.69, 9.17) is 10.2 Å². The lowest BCUT2D eigenvalue weighted by Crippen LogP contribution is -2.49. The maximum Gasteiger partial charge on any atom is 0.139 e. The van der Waals surface area contributed by atoms with Crippen LogP contribution >= 0.6 is 0 Å². The van der Waals surface area contributed by atoms with Crippen molar-refractivity contribution < 1.29 is 0 Å². The van der Waals surface area contributed by atoms with Crippen LogP contribution in [0.4, 0.5) is 0 Å². The first-order valence-corrected chi connectivity index (χ1v) is 9.99. The van der Waals surface area contributed by atoms with Crippen molar-refractivity contribution in [2.75, 3.05) is 0 Å². The van der Waals surface area contributed by atoms with Crippen molar-refractivity contribution in [2.24, 2.45) is 23.2 Å². The molecule has 4 bridgehead atoms. The van der Waals surface area contributed by atoms with Crippen LogP contribution in [0.3, 0.4) is 0 Å². The fourth-order valence-corrected chi connectivity index (χ4v) is 6.89. The zero-order chi connectivity index (χ0) is 15.4. The third-order valence-electron chi connectivity index (χ3n) is 7.97. The number of rotatable bonds is 3. The minimum absolute atomic E-state index is 0.404. The molecule has 0 radical (unpaired) electrons. The van der Waals surface area contributed by atoms with Crippen molar-refractivity contribution in [3.8, 4) is 0 Å². The molecule has 0 aliphatic heterocycles. The van der Waals surface area contributed by atoms with Crippen molar-refractivity contribution in [3.63, 3.8) is 0 Å². The smallest absolute Gasteiger partial charge is 0.139 e. The average Bonchev–Trinajstić information content (AvgIpc) is 3.36. The quantitative estimate of drug-likeness (QED) is 0.817. The topological polar surface area (TPSA) is 30.7 Å². The highest BCUT2D eigenvalue weighted by Crippen LogP contribution is 2.63. The van der Waals surface area contributed by atoms with Crippen LogP contribution in [0.5, 0.6) is 0 Å². The lowest BCUT2D eigenvalue weighted by Gasteiger charge is -2.56.